The molecule has 1 aromatic carbocycles. The van der Waals surface area contributed by atoms with Crippen LogP contribution in [0.5, 0.6) is 0 Å². The molecule has 0 aromatic heterocycles. The van der Waals surface area contributed by atoms with Gasteiger partial charge in [-0.1, -0.05) is 29.8 Å². The van der Waals surface area contributed by atoms with Gasteiger partial charge in [0, 0.05) is 17.1 Å². The standard InChI is InChI=1S/C12H18BrN/c1-8(2)14-7-12-9(3)5-11(13)6-10(12)4/h5-6,8,14H,7H2,1-4H3. The summed E-state index contributed by atoms with van der Waals surface area (Å²) >= 11 is 3.51. The van der Waals surface area contributed by atoms with Crippen molar-refractivity contribution in [1.29, 1.82) is 0 Å². The molecule has 0 atom stereocenters. The summed E-state index contributed by atoms with van der Waals surface area (Å²) < 4.78 is 1.17. The summed E-state index contributed by atoms with van der Waals surface area (Å²) in [7, 11) is 0. The van der Waals surface area contributed by atoms with E-state index in [1.54, 1.807) is 0 Å². The van der Waals surface area contributed by atoms with Gasteiger partial charge in [0.05, 0.1) is 0 Å². The van der Waals surface area contributed by atoms with Crippen LogP contribution >= 0.6 is 15.9 Å². The number of hydrogen-bond acceptors (Lipinski definition) is 1. The van der Waals surface area contributed by atoms with Gasteiger partial charge in [0.1, 0.15) is 0 Å². The van der Waals surface area contributed by atoms with Crippen LogP contribution < -0.4 is 5.32 Å². The van der Waals surface area contributed by atoms with Crippen molar-refractivity contribution < 1.29 is 0 Å². The first kappa shape index (κ1) is 11.7. The second kappa shape index (κ2) is 4.94. The molecule has 0 heterocycles. The molecular weight excluding hydrogens is 238 g/mol. The zero-order chi connectivity index (χ0) is 10.7. The number of rotatable bonds is 3. The van der Waals surface area contributed by atoms with Crippen molar-refractivity contribution in [2.75, 3.05) is 0 Å². The zero-order valence-electron chi connectivity index (χ0n) is 9.32. The Hall–Kier alpha value is -0.340. The average molecular weight is 256 g/mol. The molecule has 0 aliphatic rings. The second-order valence-electron chi connectivity index (χ2n) is 4.05. The minimum atomic E-state index is 0.539. The van der Waals surface area contributed by atoms with Gasteiger partial charge in [-0.25, -0.2) is 0 Å². The monoisotopic (exact) mass is 255 g/mol. The minimum absolute atomic E-state index is 0.539. The highest BCUT2D eigenvalue weighted by Crippen LogP contribution is 2.20. The molecule has 0 aliphatic heterocycles. The summed E-state index contributed by atoms with van der Waals surface area (Å²) in [6.07, 6.45) is 0. The van der Waals surface area contributed by atoms with Crippen molar-refractivity contribution in [3.63, 3.8) is 0 Å². The number of halogens is 1. The van der Waals surface area contributed by atoms with Gasteiger partial charge >= 0.3 is 0 Å². The molecule has 2 heteroatoms. The number of benzene rings is 1. The summed E-state index contributed by atoms with van der Waals surface area (Å²) in [4.78, 5) is 0. The summed E-state index contributed by atoms with van der Waals surface area (Å²) in [6.45, 7) is 9.62. The third kappa shape index (κ3) is 3.10. The maximum atomic E-state index is 3.51. The van der Waals surface area contributed by atoms with Gasteiger partial charge in [-0.3, -0.25) is 0 Å². The molecule has 0 aliphatic carbocycles. The number of nitrogens with one attached hydrogen (secondary N) is 1. The van der Waals surface area contributed by atoms with E-state index in [0.29, 0.717) is 6.04 Å². The van der Waals surface area contributed by atoms with Crippen LogP contribution in [0.3, 0.4) is 0 Å². The Labute approximate surface area is 95.0 Å². The fraction of sp³-hybridized carbons (Fsp3) is 0.500. The third-order valence-electron chi connectivity index (χ3n) is 2.35. The smallest absolute Gasteiger partial charge is 0.0213 e. The van der Waals surface area contributed by atoms with Crippen LogP contribution in [0.15, 0.2) is 16.6 Å². The van der Waals surface area contributed by atoms with E-state index < -0.39 is 0 Å². The molecule has 0 amide bonds. The number of hydrogen-bond donors (Lipinski definition) is 1. The van der Waals surface area contributed by atoms with Crippen molar-refractivity contribution >= 4 is 15.9 Å². The Bertz CT molecular complexity index is 295. The molecule has 0 fully saturated rings. The van der Waals surface area contributed by atoms with Gasteiger partial charge < -0.3 is 5.32 Å². The van der Waals surface area contributed by atoms with E-state index in [0.717, 1.165) is 6.54 Å². The Balaban J connectivity index is 2.86. The van der Waals surface area contributed by atoms with E-state index in [9.17, 15) is 0 Å². The molecule has 1 aromatic rings. The van der Waals surface area contributed by atoms with Crippen LogP contribution in [0.25, 0.3) is 0 Å². The highest BCUT2D eigenvalue weighted by atomic mass is 79.9. The van der Waals surface area contributed by atoms with E-state index in [4.69, 9.17) is 0 Å². The lowest BCUT2D eigenvalue weighted by atomic mass is 10.0. The van der Waals surface area contributed by atoms with Crippen LogP contribution in [0.1, 0.15) is 30.5 Å². The molecule has 14 heavy (non-hydrogen) atoms. The van der Waals surface area contributed by atoms with Gasteiger partial charge in [-0.05, 0) is 42.7 Å². The van der Waals surface area contributed by atoms with E-state index in [-0.39, 0.29) is 0 Å². The van der Waals surface area contributed by atoms with E-state index >= 15 is 0 Å². The summed E-state index contributed by atoms with van der Waals surface area (Å²) in [5.41, 5.74) is 4.12. The van der Waals surface area contributed by atoms with Gasteiger partial charge in [-0.2, -0.15) is 0 Å². The maximum Gasteiger partial charge on any atom is 0.0213 e. The number of aryl methyl sites for hydroxylation is 2. The fourth-order valence-corrected chi connectivity index (χ4v) is 2.21. The zero-order valence-corrected chi connectivity index (χ0v) is 10.9. The topological polar surface area (TPSA) is 12.0 Å². The molecule has 0 saturated carbocycles. The van der Waals surface area contributed by atoms with E-state index in [1.165, 1.54) is 21.2 Å². The summed E-state index contributed by atoms with van der Waals surface area (Å²) in [6, 6.07) is 4.88. The van der Waals surface area contributed by atoms with Crippen LogP contribution in [-0.2, 0) is 6.54 Å². The first-order valence-electron chi connectivity index (χ1n) is 4.99. The SMILES string of the molecule is Cc1cc(Br)cc(C)c1CNC(C)C. The van der Waals surface area contributed by atoms with Crippen LogP contribution in [0.2, 0.25) is 0 Å². The van der Waals surface area contributed by atoms with Gasteiger partial charge in [0.25, 0.3) is 0 Å². The maximum absolute atomic E-state index is 3.51. The molecular formula is C12H18BrN. The lowest BCUT2D eigenvalue weighted by Gasteiger charge is -2.13. The van der Waals surface area contributed by atoms with E-state index in [2.05, 4.69) is 61.1 Å². The van der Waals surface area contributed by atoms with Gasteiger partial charge in [0.2, 0.25) is 0 Å². The first-order valence-corrected chi connectivity index (χ1v) is 5.79. The highest BCUT2D eigenvalue weighted by Gasteiger charge is 2.04. The Morgan fingerprint density at radius 2 is 1.71 bits per heavy atom. The van der Waals surface area contributed by atoms with Crippen LogP contribution in [0.4, 0.5) is 0 Å². The van der Waals surface area contributed by atoms with Crippen molar-refractivity contribution in [3.05, 3.63) is 33.3 Å². The van der Waals surface area contributed by atoms with E-state index in [1.807, 2.05) is 0 Å². The Morgan fingerprint density at radius 3 is 2.14 bits per heavy atom. The predicted molar refractivity (Wildman–Crippen MR) is 65.6 cm³/mol. The highest BCUT2D eigenvalue weighted by molar-refractivity contribution is 9.10. The van der Waals surface area contributed by atoms with Crippen molar-refractivity contribution in [2.24, 2.45) is 0 Å². The quantitative estimate of drug-likeness (QED) is 0.871. The lowest BCUT2D eigenvalue weighted by molar-refractivity contribution is 0.586. The van der Waals surface area contributed by atoms with Gasteiger partial charge in [0.15, 0.2) is 0 Å². The molecule has 78 valence electrons. The van der Waals surface area contributed by atoms with Gasteiger partial charge in [-0.15, -0.1) is 0 Å². The Kier molecular flexibility index (Phi) is 4.14. The van der Waals surface area contributed by atoms with Crippen molar-refractivity contribution in [3.8, 4) is 0 Å². The van der Waals surface area contributed by atoms with Crippen molar-refractivity contribution in [1.82, 2.24) is 5.32 Å². The van der Waals surface area contributed by atoms with Crippen LogP contribution in [-0.4, -0.2) is 6.04 Å². The molecule has 0 saturated heterocycles. The third-order valence-corrected chi connectivity index (χ3v) is 2.81. The molecule has 0 unspecified atom stereocenters. The predicted octanol–water partition coefficient (Wildman–Crippen LogP) is 3.56. The molecule has 0 radical (unpaired) electrons. The lowest BCUT2D eigenvalue weighted by Crippen LogP contribution is -2.22. The summed E-state index contributed by atoms with van der Waals surface area (Å²) in [5, 5.41) is 3.45. The molecule has 1 nitrogen and oxygen atoms in total. The van der Waals surface area contributed by atoms with Crippen LogP contribution in [0, 0.1) is 13.8 Å². The van der Waals surface area contributed by atoms with Crippen molar-refractivity contribution in [2.45, 2.75) is 40.3 Å². The molecule has 0 bridgehead atoms. The second-order valence-corrected chi connectivity index (χ2v) is 4.97. The summed E-state index contributed by atoms with van der Waals surface area (Å²) in [5.74, 6) is 0. The average Bonchev–Trinajstić information content (AvgIpc) is 2.01. The first-order chi connectivity index (χ1) is 6.50. The fourth-order valence-electron chi connectivity index (χ4n) is 1.53. The largest absolute Gasteiger partial charge is 0.310 e. The minimum Gasteiger partial charge on any atom is -0.310 e. The Morgan fingerprint density at radius 1 is 1.21 bits per heavy atom. The molecule has 1 N–H and O–H groups in total. The molecule has 0 spiro atoms. The molecule has 1 rings (SSSR count). The normalized spacial score (nSPS) is 11.0.